The Hall–Kier alpha value is -2.27. The molecule has 0 aliphatic heterocycles. The van der Waals surface area contributed by atoms with Gasteiger partial charge in [-0.15, -0.1) is 0 Å². The smallest absolute Gasteiger partial charge is 0.262 e. The van der Waals surface area contributed by atoms with E-state index in [1.807, 2.05) is 24.3 Å². The van der Waals surface area contributed by atoms with E-state index >= 15 is 0 Å². The normalized spacial score (nSPS) is 10.3. The lowest BCUT2D eigenvalue weighted by molar-refractivity contribution is -0.118. The summed E-state index contributed by atoms with van der Waals surface area (Å²) >= 11 is 5.85. The van der Waals surface area contributed by atoms with Crippen LogP contribution in [0.5, 0.6) is 5.75 Å². The van der Waals surface area contributed by atoms with Crippen LogP contribution in [0.4, 0.5) is 15.8 Å². The zero-order valence-electron chi connectivity index (χ0n) is 13.7. The first-order valence-electron chi connectivity index (χ1n) is 7.76. The topological polar surface area (TPSA) is 41.6 Å². The van der Waals surface area contributed by atoms with Gasteiger partial charge in [0.1, 0.15) is 11.6 Å². The van der Waals surface area contributed by atoms with E-state index in [4.69, 9.17) is 16.3 Å². The van der Waals surface area contributed by atoms with Crippen LogP contribution >= 0.6 is 11.6 Å². The SMILES string of the molecule is CCN(CC)c1ccc(NC(=O)COc2ccc(F)cc2Cl)cc1. The Bertz CT molecular complexity index is 688. The molecule has 1 amide bonds. The largest absolute Gasteiger partial charge is 0.482 e. The first kappa shape index (κ1) is 18.1. The number of carbonyl (C=O) groups is 1. The molecule has 0 radical (unpaired) electrons. The third-order valence-electron chi connectivity index (χ3n) is 3.53. The second-order valence-corrected chi connectivity index (χ2v) is 5.54. The first-order chi connectivity index (χ1) is 11.5. The van der Waals surface area contributed by atoms with Crippen molar-refractivity contribution < 1.29 is 13.9 Å². The Labute approximate surface area is 146 Å². The van der Waals surface area contributed by atoms with Gasteiger partial charge in [-0.3, -0.25) is 4.79 Å². The fourth-order valence-corrected chi connectivity index (χ4v) is 2.50. The van der Waals surface area contributed by atoms with Crippen molar-refractivity contribution in [3.8, 4) is 5.75 Å². The molecule has 2 aromatic rings. The lowest BCUT2D eigenvalue weighted by atomic mass is 10.2. The molecule has 0 unspecified atom stereocenters. The minimum absolute atomic E-state index is 0.131. The summed E-state index contributed by atoms with van der Waals surface area (Å²) in [6, 6.07) is 11.4. The molecule has 0 saturated heterocycles. The fourth-order valence-electron chi connectivity index (χ4n) is 2.28. The summed E-state index contributed by atoms with van der Waals surface area (Å²) in [4.78, 5) is 14.1. The minimum Gasteiger partial charge on any atom is -0.482 e. The molecule has 0 atom stereocenters. The highest BCUT2D eigenvalue weighted by Gasteiger charge is 2.08. The molecule has 0 saturated carbocycles. The van der Waals surface area contributed by atoms with E-state index in [0.29, 0.717) is 5.69 Å². The molecular formula is C18H20ClFN2O2. The number of ether oxygens (including phenoxy) is 1. The van der Waals surface area contributed by atoms with Crippen LogP contribution in [0, 0.1) is 5.82 Å². The fraction of sp³-hybridized carbons (Fsp3) is 0.278. The van der Waals surface area contributed by atoms with Gasteiger partial charge >= 0.3 is 0 Å². The summed E-state index contributed by atoms with van der Waals surface area (Å²) in [7, 11) is 0. The quantitative estimate of drug-likeness (QED) is 0.807. The Morgan fingerprint density at radius 3 is 2.42 bits per heavy atom. The summed E-state index contributed by atoms with van der Waals surface area (Å²) in [6.07, 6.45) is 0. The van der Waals surface area contributed by atoms with Crippen molar-refractivity contribution in [3.05, 3.63) is 53.3 Å². The molecule has 0 spiro atoms. The number of nitrogens with zero attached hydrogens (tertiary/aromatic N) is 1. The van der Waals surface area contributed by atoms with Crippen LogP contribution in [-0.2, 0) is 4.79 Å². The van der Waals surface area contributed by atoms with Crippen molar-refractivity contribution in [3.63, 3.8) is 0 Å². The molecule has 4 nitrogen and oxygen atoms in total. The molecule has 0 aromatic heterocycles. The van der Waals surface area contributed by atoms with Crippen molar-refractivity contribution >= 4 is 28.9 Å². The zero-order chi connectivity index (χ0) is 17.5. The van der Waals surface area contributed by atoms with Crippen LogP contribution in [0.3, 0.4) is 0 Å². The third-order valence-corrected chi connectivity index (χ3v) is 3.83. The van der Waals surface area contributed by atoms with Gasteiger partial charge in [-0.2, -0.15) is 0 Å². The predicted molar refractivity (Wildman–Crippen MR) is 95.5 cm³/mol. The molecule has 6 heteroatoms. The Morgan fingerprint density at radius 1 is 1.17 bits per heavy atom. The minimum atomic E-state index is -0.454. The summed E-state index contributed by atoms with van der Waals surface area (Å²) in [5.41, 5.74) is 1.79. The van der Waals surface area contributed by atoms with Gasteiger partial charge in [-0.1, -0.05) is 11.6 Å². The summed E-state index contributed by atoms with van der Waals surface area (Å²) in [6.45, 7) is 5.83. The van der Waals surface area contributed by atoms with Crippen molar-refractivity contribution in [2.75, 3.05) is 29.9 Å². The van der Waals surface area contributed by atoms with E-state index in [1.54, 1.807) is 0 Å². The molecular weight excluding hydrogens is 331 g/mol. The maximum atomic E-state index is 13.0. The molecule has 0 fully saturated rings. The Morgan fingerprint density at radius 2 is 1.83 bits per heavy atom. The number of benzene rings is 2. The highest BCUT2D eigenvalue weighted by atomic mass is 35.5. The van der Waals surface area contributed by atoms with Crippen LogP contribution in [0.15, 0.2) is 42.5 Å². The molecule has 0 bridgehead atoms. The molecule has 0 aliphatic rings. The number of anilines is 2. The first-order valence-corrected chi connectivity index (χ1v) is 8.14. The molecule has 1 N–H and O–H groups in total. The van der Waals surface area contributed by atoms with E-state index in [2.05, 4.69) is 24.1 Å². The van der Waals surface area contributed by atoms with Crippen LogP contribution in [0.25, 0.3) is 0 Å². The van der Waals surface area contributed by atoms with Gasteiger partial charge in [0.15, 0.2) is 6.61 Å². The predicted octanol–water partition coefficient (Wildman–Crippen LogP) is 4.34. The summed E-state index contributed by atoms with van der Waals surface area (Å²) in [5.74, 6) is -0.499. The Balaban J connectivity index is 1.90. The van der Waals surface area contributed by atoms with Crippen molar-refractivity contribution in [2.24, 2.45) is 0 Å². The Kier molecular flexibility index (Phi) is 6.44. The van der Waals surface area contributed by atoms with E-state index in [0.717, 1.165) is 24.8 Å². The van der Waals surface area contributed by atoms with Gasteiger partial charge in [0.05, 0.1) is 5.02 Å². The number of halogens is 2. The zero-order valence-corrected chi connectivity index (χ0v) is 14.4. The van der Waals surface area contributed by atoms with Gasteiger partial charge in [0.2, 0.25) is 0 Å². The van der Waals surface area contributed by atoms with Gasteiger partial charge in [0, 0.05) is 24.5 Å². The number of amides is 1. The van der Waals surface area contributed by atoms with Crippen LogP contribution < -0.4 is 15.0 Å². The van der Waals surface area contributed by atoms with Gasteiger partial charge in [-0.05, 0) is 56.3 Å². The maximum absolute atomic E-state index is 13.0. The van der Waals surface area contributed by atoms with E-state index in [1.165, 1.54) is 12.1 Å². The summed E-state index contributed by atoms with van der Waals surface area (Å²) < 4.78 is 18.3. The van der Waals surface area contributed by atoms with Crippen molar-refractivity contribution in [1.29, 1.82) is 0 Å². The molecule has 2 rings (SSSR count). The number of hydrogen-bond acceptors (Lipinski definition) is 3. The standard InChI is InChI=1S/C18H20ClFN2O2/c1-3-22(4-2)15-8-6-14(7-9-15)21-18(23)12-24-17-10-5-13(20)11-16(17)19/h5-11H,3-4,12H2,1-2H3,(H,21,23). The van der Waals surface area contributed by atoms with Gasteiger partial charge in [0.25, 0.3) is 5.91 Å². The molecule has 24 heavy (non-hydrogen) atoms. The van der Waals surface area contributed by atoms with Gasteiger partial charge in [-0.25, -0.2) is 4.39 Å². The lowest BCUT2D eigenvalue weighted by Crippen LogP contribution is -2.22. The number of nitrogens with one attached hydrogen (secondary N) is 1. The maximum Gasteiger partial charge on any atom is 0.262 e. The molecule has 0 heterocycles. The lowest BCUT2D eigenvalue weighted by Gasteiger charge is -2.21. The van der Waals surface area contributed by atoms with E-state index in [9.17, 15) is 9.18 Å². The number of hydrogen-bond donors (Lipinski definition) is 1. The summed E-state index contributed by atoms with van der Waals surface area (Å²) in [5, 5.41) is 2.88. The second-order valence-electron chi connectivity index (χ2n) is 5.13. The van der Waals surface area contributed by atoms with E-state index in [-0.39, 0.29) is 23.3 Å². The van der Waals surface area contributed by atoms with Gasteiger partial charge < -0.3 is 15.0 Å². The average Bonchev–Trinajstić information content (AvgIpc) is 2.56. The average molecular weight is 351 g/mol. The molecule has 0 aliphatic carbocycles. The second kappa shape index (κ2) is 8.55. The van der Waals surface area contributed by atoms with Crippen molar-refractivity contribution in [1.82, 2.24) is 0 Å². The monoisotopic (exact) mass is 350 g/mol. The number of carbonyl (C=O) groups excluding carboxylic acids is 1. The molecule has 2 aromatic carbocycles. The van der Waals surface area contributed by atoms with Crippen molar-refractivity contribution in [2.45, 2.75) is 13.8 Å². The van der Waals surface area contributed by atoms with E-state index < -0.39 is 5.82 Å². The van der Waals surface area contributed by atoms with Crippen LogP contribution in [0.2, 0.25) is 5.02 Å². The number of rotatable bonds is 7. The highest BCUT2D eigenvalue weighted by molar-refractivity contribution is 6.32. The third kappa shape index (κ3) is 4.86. The highest BCUT2D eigenvalue weighted by Crippen LogP contribution is 2.24. The van der Waals surface area contributed by atoms with Crippen LogP contribution in [-0.4, -0.2) is 25.6 Å². The van der Waals surface area contributed by atoms with Crippen LogP contribution in [0.1, 0.15) is 13.8 Å². The molecule has 128 valence electrons.